The summed E-state index contributed by atoms with van der Waals surface area (Å²) in [6.45, 7) is 14.1. The number of pyridine rings is 1. The Balaban J connectivity index is 1.37. The summed E-state index contributed by atoms with van der Waals surface area (Å²) >= 11 is 0. The molecule has 0 bridgehead atoms. The average molecular weight is 528 g/mol. The standard InChI is InChI=1S/C30H37N7O2/c1-19(2)36-28(38)25-16-32-29(34-27(25)37(36)23-8-11-31-26(15-23)30(3,4)5)33-22-7-6-20-9-12-35(17-21(20)14-22)24-10-13-39-18-24/h6-8,11,14-16,19,24H,9-10,12-13,17-18H2,1-5H3,(H,32,33,34). The molecule has 0 saturated carbocycles. The molecule has 1 N–H and O–H groups in total. The molecule has 5 heterocycles. The van der Waals surface area contributed by atoms with Crippen molar-refractivity contribution in [3.8, 4) is 5.69 Å². The minimum atomic E-state index is -0.129. The first kappa shape index (κ1) is 25.7. The lowest BCUT2D eigenvalue weighted by atomic mass is 9.91. The Labute approximate surface area is 228 Å². The molecule has 2 aliphatic heterocycles. The third kappa shape index (κ3) is 4.85. The molecule has 0 radical (unpaired) electrons. The van der Waals surface area contributed by atoms with Crippen LogP contribution < -0.4 is 10.9 Å². The maximum Gasteiger partial charge on any atom is 0.278 e. The number of ether oxygens (including phenoxy) is 1. The molecule has 9 heteroatoms. The quantitative estimate of drug-likeness (QED) is 0.401. The van der Waals surface area contributed by atoms with Gasteiger partial charge in [-0.25, -0.2) is 14.3 Å². The highest BCUT2D eigenvalue weighted by molar-refractivity contribution is 5.77. The molecule has 1 atom stereocenters. The molecule has 0 spiro atoms. The lowest BCUT2D eigenvalue weighted by molar-refractivity contribution is 0.135. The van der Waals surface area contributed by atoms with Crippen LogP contribution >= 0.6 is 0 Å². The normalized spacial score (nSPS) is 18.2. The van der Waals surface area contributed by atoms with E-state index in [-0.39, 0.29) is 17.0 Å². The molecule has 0 aliphatic carbocycles. The minimum absolute atomic E-state index is 0.0665. The Morgan fingerprint density at radius 1 is 1.10 bits per heavy atom. The Kier molecular flexibility index (Phi) is 6.51. The van der Waals surface area contributed by atoms with E-state index in [0.717, 1.165) is 56.2 Å². The summed E-state index contributed by atoms with van der Waals surface area (Å²) in [5.74, 6) is 0.457. The molecule has 39 heavy (non-hydrogen) atoms. The Morgan fingerprint density at radius 3 is 2.69 bits per heavy atom. The number of aromatic nitrogens is 5. The van der Waals surface area contributed by atoms with Crippen molar-refractivity contribution in [2.75, 3.05) is 25.1 Å². The van der Waals surface area contributed by atoms with Gasteiger partial charge in [-0.1, -0.05) is 26.8 Å². The lowest BCUT2D eigenvalue weighted by Crippen LogP contribution is -2.39. The van der Waals surface area contributed by atoms with Gasteiger partial charge < -0.3 is 10.1 Å². The van der Waals surface area contributed by atoms with E-state index < -0.39 is 0 Å². The highest BCUT2D eigenvalue weighted by Crippen LogP contribution is 2.28. The fourth-order valence-corrected chi connectivity index (χ4v) is 5.64. The van der Waals surface area contributed by atoms with Gasteiger partial charge in [0.25, 0.3) is 5.56 Å². The second-order valence-corrected chi connectivity index (χ2v) is 12.0. The van der Waals surface area contributed by atoms with Crippen molar-refractivity contribution in [2.24, 2.45) is 0 Å². The summed E-state index contributed by atoms with van der Waals surface area (Å²) < 4.78 is 9.27. The predicted octanol–water partition coefficient (Wildman–Crippen LogP) is 4.75. The number of nitrogens with one attached hydrogen (secondary N) is 1. The summed E-state index contributed by atoms with van der Waals surface area (Å²) in [6.07, 6.45) is 5.58. The maximum absolute atomic E-state index is 13.4. The summed E-state index contributed by atoms with van der Waals surface area (Å²) in [5, 5.41) is 3.89. The van der Waals surface area contributed by atoms with Crippen molar-refractivity contribution in [1.82, 2.24) is 29.2 Å². The van der Waals surface area contributed by atoms with Gasteiger partial charge in [-0.05, 0) is 62.1 Å². The van der Waals surface area contributed by atoms with E-state index in [9.17, 15) is 4.79 Å². The van der Waals surface area contributed by atoms with Gasteiger partial charge in [-0.2, -0.15) is 4.98 Å². The van der Waals surface area contributed by atoms with Gasteiger partial charge in [-0.3, -0.25) is 14.7 Å². The zero-order valence-electron chi connectivity index (χ0n) is 23.4. The monoisotopic (exact) mass is 527 g/mol. The summed E-state index contributed by atoms with van der Waals surface area (Å²) in [4.78, 5) is 29.9. The van der Waals surface area contributed by atoms with Crippen LogP contribution in [0.15, 0.2) is 47.5 Å². The van der Waals surface area contributed by atoms with Gasteiger partial charge in [0, 0.05) is 61.0 Å². The number of fused-ring (bicyclic) bond motifs is 2. The Bertz CT molecular complexity index is 1570. The molecule has 204 valence electrons. The van der Waals surface area contributed by atoms with Crippen LogP contribution in [0.1, 0.15) is 63.9 Å². The van der Waals surface area contributed by atoms with Crippen LogP contribution in [0.3, 0.4) is 0 Å². The molecule has 1 aromatic carbocycles. The zero-order valence-corrected chi connectivity index (χ0v) is 23.4. The first-order valence-corrected chi connectivity index (χ1v) is 13.9. The largest absolute Gasteiger partial charge is 0.380 e. The Morgan fingerprint density at radius 2 is 1.95 bits per heavy atom. The zero-order chi connectivity index (χ0) is 27.3. The molecule has 1 saturated heterocycles. The highest BCUT2D eigenvalue weighted by Gasteiger charge is 2.27. The van der Waals surface area contributed by atoms with Gasteiger partial charge in [-0.15, -0.1) is 0 Å². The lowest BCUT2D eigenvalue weighted by Gasteiger charge is -2.33. The van der Waals surface area contributed by atoms with Gasteiger partial charge >= 0.3 is 0 Å². The third-order valence-corrected chi connectivity index (χ3v) is 7.80. The topological polar surface area (TPSA) is 90.1 Å². The molecular formula is C30H37N7O2. The van der Waals surface area contributed by atoms with Crippen LogP contribution in [0, 0.1) is 0 Å². The van der Waals surface area contributed by atoms with E-state index in [0.29, 0.717) is 23.0 Å². The minimum Gasteiger partial charge on any atom is -0.380 e. The SMILES string of the molecule is CC(C)n1c(=O)c2cnc(Nc3ccc4c(c3)CN(C3CCOC3)CC4)nc2n1-c1ccnc(C(C)(C)C)c1. The number of rotatable bonds is 5. The highest BCUT2D eigenvalue weighted by atomic mass is 16.5. The van der Waals surface area contributed by atoms with Crippen LogP contribution in [-0.2, 0) is 23.1 Å². The molecule has 0 amide bonds. The third-order valence-electron chi connectivity index (χ3n) is 7.80. The number of nitrogens with zero attached hydrogens (tertiary/aromatic N) is 6. The number of anilines is 2. The second kappa shape index (κ2) is 9.88. The summed E-state index contributed by atoms with van der Waals surface area (Å²) in [7, 11) is 0. The molecule has 4 aromatic rings. The van der Waals surface area contributed by atoms with Crippen molar-refractivity contribution < 1.29 is 4.74 Å². The van der Waals surface area contributed by atoms with Crippen LogP contribution in [0.4, 0.5) is 11.6 Å². The van der Waals surface area contributed by atoms with Crippen LogP contribution in [0.5, 0.6) is 0 Å². The van der Waals surface area contributed by atoms with E-state index in [1.165, 1.54) is 11.1 Å². The fraction of sp³-hybridized carbons (Fsp3) is 0.467. The van der Waals surface area contributed by atoms with E-state index >= 15 is 0 Å². The van der Waals surface area contributed by atoms with Crippen molar-refractivity contribution in [1.29, 1.82) is 0 Å². The first-order chi connectivity index (χ1) is 18.7. The van der Waals surface area contributed by atoms with Gasteiger partial charge in [0.2, 0.25) is 5.95 Å². The number of benzene rings is 1. The molecule has 1 fully saturated rings. The molecule has 2 aliphatic rings. The fourth-order valence-electron chi connectivity index (χ4n) is 5.64. The molecule has 6 rings (SSSR count). The van der Waals surface area contributed by atoms with E-state index in [4.69, 9.17) is 9.72 Å². The van der Waals surface area contributed by atoms with Gasteiger partial charge in [0.05, 0.1) is 12.3 Å². The van der Waals surface area contributed by atoms with E-state index in [2.05, 4.69) is 59.2 Å². The maximum atomic E-state index is 13.4. The molecule has 3 aromatic heterocycles. The van der Waals surface area contributed by atoms with E-state index in [1.54, 1.807) is 17.1 Å². The average Bonchev–Trinajstić information content (AvgIpc) is 3.55. The van der Waals surface area contributed by atoms with Crippen LogP contribution in [-0.4, -0.2) is 55.0 Å². The second-order valence-electron chi connectivity index (χ2n) is 12.0. The smallest absolute Gasteiger partial charge is 0.278 e. The van der Waals surface area contributed by atoms with Gasteiger partial charge in [0.1, 0.15) is 5.39 Å². The first-order valence-electron chi connectivity index (χ1n) is 13.9. The molecular weight excluding hydrogens is 490 g/mol. The molecule has 9 nitrogen and oxygen atoms in total. The number of hydrogen-bond donors (Lipinski definition) is 1. The van der Waals surface area contributed by atoms with Crippen LogP contribution in [0.2, 0.25) is 0 Å². The predicted molar refractivity (Wildman–Crippen MR) is 153 cm³/mol. The van der Waals surface area contributed by atoms with Crippen LogP contribution in [0.25, 0.3) is 16.7 Å². The summed E-state index contributed by atoms with van der Waals surface area (Å²) in [5.41, 5.74) is 5.79. The van der Waals surface area contributed by atoms with Crippen molar-refractivity contribution in [3.05, 3.63) is 69.9 Å². The Hall–Kier alpha value is -3.56. The van der Waals surface area contributed by atoms with E-state index in [1.807, 2.05) is 30.7 Å². The van der Waals surface area contributed by atoms with Crippen molar-refractivity contribution in [3.63, 3.8) is 0 Å². The van der Waals surface area contributed by atoms with Gasteiger partial charge in [0.15, 0.2) is 5.65 Å². The number of hydrogen-bond acceptors (Lipinski definition) is 7. The van der Waals surface area contributed by atoms with Crippen molar-refractivity contribution in [2.45, 2.75) is 71.5 Å². The van der Waals surface area contributed by atoms with Crippen molar-refractivity contribution >= 4 is 22.7 Å². The molecule has 1 unspecified atom stereocenters. The summed E-state index contributed by atoms with van der Waals surface area (Å²) in [6, 6.07) is 10.9.